The topological polar surface area (TPSA) is 49.3 Å². The molecule has 0 saturated carbocycles. The van der Waals surface area contributed by atoms with E-state index in [-0.39, 0.29) is 5.91 Å². The standard InChI is InChI=1S/C19H24N4O/c1-3-22(14-16-9-5-4-6-10-16)18(24)17-13-15(2)20-19(21-17)23-11-7-8-12-23/h4-6,9-10,13H,3,7-8,11-12,14H2,1-2H3. The monoisotopic (exact) mass is 324 g/mol. The Labute approximate surface area is 143 Å². The Kier molecular flexibility index (Phi) is 5.08. The third kappa shape index (κ3) is 3.72. The SMILES string of the molecule is CCN(Cc1ccccc1)C(=O)c1cc(C)nc(N2CCCC2)n1. The first-order chi connectivity index (χ1) is 11.7. The van der Waals surface area contributed by atoms with Gasteiger partial charge in [0, 0.05) is 31.9 Å². The lowest BCUT2D eigenvalue weighted by Gasteiger charge is -2.22. The predicted octanol–water partition coefficient (Wildman–Crippen LogP) is 3.05. The molecule has 1 saturated heterocycles. The maximum atomic E-state index is 12.9. The van der Waals surface area contributed by atoms with Crippen molar-refractivity contribution >= 4 is 11.9 Å². The summed E-state index contributed by atoms with van der Waals surface area (Å²) in [6.45, 7) is 7.10. The second-order valence-corrected chi connectivity index (χ2v) is 6.19. The van der Waals surface area contributed by atoms with Gasteiger partial charge in [-0.1, -0.05) is 30.3 Å². The molecule has 1 aliphatic heterocycles. The van der Waals surface area contributed by atoms with Gasteiger partial charge < -0.3 is 9.80 Å². The van der Waals surface area contributed by atoms with Gasteiger partial charge >= 0.3 is 0 Å². The molecular formula is C19H24N4O. The Morgan fingerprint density at radius 1 is 1.17 bits per heavy atom. The quantitative estimate of drug-likeness (QED) is 0.848. The molecule has 0 bridgehead atoms. The number of carbonyl (C=O) groups is 1. The van der Waals surface area contributed by atoms with Crippen molar-refractivity contribution in [3.63, 3.8) is 0 Å². The minimum Gasteiger partial charge on any atom is -0.341 e. The first kappa shape index (κ1) is 16.4. The number of carbonyl (C=O) groups excluding carboxylic acids is 1. The summed E-state index contributed by atoms with van der Waals surface area (Å²) in [4.78, 5) is 26.0. The van der Waals surface area contributed by atoms with Gasteiger partial charge in [-0.3, -0.25) is 4.79 Å². The Morgan fingerprint density at radius 2 is 1.88 bits per heavy atom. The fraction of sp³-hybridized carbons (Fsp3) is 0.421. The zero-order chi connectivity index (χ0) is 16.9. The Balaban J connectivity index is 1.82. The summed E-state index contributed by atoms with van der Waals surface area (Å²) in [5.41, 5.74) is 2.45. The molecule has 0 N–H and O–H groups in total. The van der Waals surface area contributed by atoms with Crippen LogP contribution in [0.2, 0.25) is 0 Å². The smallest absolute Gasteiger partial charge is 0.272 e. The number of benzene rings is 1. The summed E-state index contributed by atoms with van der Waals surface area (Å²) in [6.07, 6.45) is 2.32. The molecule has 0 unspecified atom stereocenters. The van der Waals surface area contributed by atoms with Gasteiger partial charge in [-0.25, -0.2) is 9.97 Å². The van der Waals surface area contributed by atoms with E-state index in [4.69, 9.17) is 0 Å². The molecule has 0 radical (unpaired) electrons. The summed E-state index contributed by atoms with van der Waals surface area (Å²) < 4.78 is 0. The first-order valence-electron chi connectivity index (χ1n) is 8.61. The van der Waals surface area contributed by atoms with Crippen LogP contribution in [0, 0.1) is 6.92 Å². The van der Waals surface area contributed by atoms with Crippen molar-refractivity contribution in [3.8, 4) is 0 Å². The van der Waals surface area contributed by atoms with Crippen LogP contribution in [0.5, 0.6) is 0 Å². The minimum absolute atomic E-state index is 0.0349. The lowest BCUT2D eigenvalue weighted by molar-refractivity contribution is 0.0746. The van der Waals surface area contributed by atoms with Crippen LogP contribution in [0.3, 0.4) is 0 Å². The largest absolute Gasteiger partial charge is 0.341 e. The molecule has 1 aromatic heterocycles. The van der Waals surface area contributed by atoms with Gasteiger partial charge in [0.1, 0.15) is 5.69 Å². The molecule has 0 aliphatic carbocycles. The molecule has 5 nitrogen and oxygen atoms in total. The van der Waals surface area contributed by atoms with Gasteiger partial charge in [-0.2, -0.15) is 0 Å². The number of rotatable bonds is 5. The third-order valence-corrected chi connectivity index (χ3v) is 4.34. The van der Waals surface area contributed by atoms with Gasteiger partial charge in [-0.05, 0) is 38.3 Å². The highest BCUT2D eigenvalue weighted by atomic mass is 16.2. The lowest BCUT2D eigenvalue weighted by atomic mass is 10.2. The zero-order valence-electron chi connectivity index (χ0n) is 14.4. The van der Waals surface area contributed by atoms with Crippen LogP contribution in [0.4, 0.5) is 5.95 Å². The number of amides is 1. The molecule has 126 valence electrons. The van der Waals surface area contributed by atoms with Crippen LogP contribution in [0.1, 0.15) is 41.5 Å². The predicted molar refractivity (Wildman–Crippen MR) is 95.1 cm³/mol. The summed E-state index contributed by atoms with van der Waals surface area (Å²) in [5.74, 6) is 0.652. The second-order valence-electron chi connectivity index (χ2n) is 6.19. The number of hydrogen-bond acceptors (Lipinski definition) is 4. The van der Waals surface area contributed by atoms with Crippen LogP contribution in [0.15, 0.2) is 36.4 Å². The zero-order valence-corrected chi connectivity index (χ0v) is 14.4. The molecule has 1 amide bonds. The van der Waals surface area contributed by atoms with E-state index in [1.165, 1.54) is 0 Å². The molecule has 5 heteroatoms. The van der Waals surface area contributed by atoms with Gasteiger partial charge in [0.15, 0.2) is 0 Å². The van der Waals surface area contributed by atoms with E-state index in [0.29, 0.717) is 24.7 Å². The molecule has 0 spiro atoms. The molecule has 1 aromatic carbocycles. The van der Waals surface area contributed by atoms with Crippen LogP contribution >= 0.6 is 0 Å². The Bertz CT molecular complexity index is 696. The average molecular weight is 324 g/mol. The van der Waals surface area contributed by atoms with Gasteiger partial charge in [-0.15, -0.1) is 0 Å². The van der Waals surface area contributed by atoms with Crippen molar-refractivity contribution < 1.29 is 4.79 Å². The molecule has 0 atom stereocenters. The van der Waals surface area contributed by atoms with E-state index >= 15 is 0 Å². The molecule has 1 fully saturated rings. The fourth-order valence-corrected chi connectivity index (χ4v) is 3.01. The second kappa shape index (κ2) is 7.43. The van der Waals surface area contributed by atoms with Crippen molar-refractivity contribution in [1.29, 1.82) is 0 Å². The number of aryl methyl sites for hydroxylation is 1. The fourth-order valence-electron chi connectivity index (χ4n) is 3.01. The van der Waals surface area contributed by atoms with Crippen molar-refractivity contribution in [2.24, 2.45) is 0 Å². The van der Waals surface area contributed by atoms with E-state index in [1.54, 1.807) is 6.07 Å². The van der Waals surface area contributed by atoms with Crippen molar-refractivity contribution in [3.05, 3.63) is 53.3 Å². The van der Waals surface area contributed by atoms with Gasteiger partial charge in [0.05, 0.1) is 0 Å². The van der Waals surface area contributed by atoms with Crippen molar-refractivity contribution in [2.45, 2.75) is 33.2 Å². The van der Waals surface area contributed by atoms with E-state index < -0.39 is 0 Å². The highest BCUT2D eigenvalue weighted by Crippen LogP contribution is 2.18. The van der Waals surface area contributed by atoms with Gasteiger partial charge in [0.2, 0.25) is 5.95 Å². The van der Waals surface area contributed by atoms with Crippen LogP contribution in [0.25, 0.3) is 0 Å². The van der Waals surface area contributed by atoms with E-state index in [2.05, 4.69) is 14.9 Å². The van der Waals surface area contributed by atoms with E-state index in [0.717, 1.165) is 37.2 Å². The number of nitrogens with zero attached hydrogens (tertiary/aromatic N) is 4. The molecular weight excluding hydrogens is 300 g/mol. The molecule has 2 heterocycles. The van der Waals surface area contributed by atoms with Crippen LogP contribution in [-0.2, 0) is 6.54 Å². The maximum Gasteiger partial charge on any atom is 0.272 e. The number of hydrogen-bond donors (Lipinski definition) is 0. The third-order valence-electron chi connectivity index (χ3n) is 4.34. The summed E-state index contributed by atoms with van der Waals surface area (Å²) in [7, 11) is 0. The summed E-state index contributed by atoms with van der Waals surface area (Å²) in [6, 6.07) is 11.8. The first-order valence-corrected chi connectivity index (χ1v) is 8.61. The maximum absolute atomic E-state index is 12.9. The molecule has 2 aromatic rings. The van der Waals surface area contributed by atoms with E-state index in [1.807, 2.05) is 49.1 Å². The molecule has 1 aliphatic rings. The lowest BCUT2D eigenvalue weighted by Crippen LogP contribution is -2.32. The highest BCUT2D eigenvalue weighted by molar-refractivity contribution is 5.92. The number of anilines is 1. The van der Waals surface area contributed by atoms with Crippen LogP contribution < -0.4 is 4.90 Å². The number of aromatic nitrogens is 2. The molecule has 24 heavy (non-hydrogen) atoms. The van der Waals surface area contributed by atoms with Crippen LogP contribution in [-0.4, -0.2) is 40.4 Å². The molecule has 3 rings (SSSR count). The van der Waals surface area contributed by atoms with Gasteiger partial charge in [0.25, 0.3) is 5.91 Å². The Hall–Kier alpha value is -2.43. The summed E-state index contributed by atoms with van der Waals surface area (Å²) >= 11 is 0. The Morgan fingerprint density at radius 3 is 2.54 bits per heavy atom. The summed E-state index contributed by atoms with van der Waals surface area (Å²) in [5, 5.41) is 0. The normalized spacial score (nSPS) is 14.0. The van der Waals surface area contributed by atoms with E-state index in [9.17, 15) is 4.79 Å². The average Bonchev–Trinajstić information content (AvgIpc) is 3.14. The van der Waals surface area contributed by atoms with Crippen molar-refractivity contribution in [1.82, 2.24) is 14.9 Å². The highest BCUT2D eigenvalue weighted by Gasteiger charge is 2.21. The van der Waals surface area contributed by atoms with Crippen molar-refractivity contribution in [2.75, 3.05) is 24.5 Å². The minimum atomic E-state index is -0.0349.